The molecule has 1 saturated heterocycles. The number of para-hydroxylation sites is 1. The number of piperazine rings is 1. The lowest BCUT2D eigenvalue weighted by atomic mass is 10.1. The first-order valence-electron chi connectivity index (χ1n) is 9.35. The molecule has 0 spiro atoms. The molecule has 144 valence electrons. The fourth-order valence-electron chi connectivity index (χ4n) is 3.71. The zero-order valence-electron chi connectivity index (χ0n) is 16.1. The van der Waals surface area contributed by atoms with Crippen LogP contribution in [0.2, 0.25) is 0 Å². The van der Waals surface area contributed by atoms with E-state index in [0.717, 1.165) is 10.9 Å². The fraction of sp³-hybridized carbons (Fsp3) is 0.273. The molecule has 28 heavy (non-hydrogen) atoms. The van der Waals surface area contributed by atoms with Gasteiger partial charge in [-0.15, -0.1) is 0 Å². The van der Waals surface area contributed by atoms with Gasteiger partial charge in [-0.1, -0.05) is 24.3 Å². The number of fused-ring (bicyclic) bond motifs is 1. The Hall–Kier alpha value is -3.28. The number of benzene rings is 2. The van der Waals surface area contributed by atoms with Crippen LogP contribution >= 0.6 is 0 Å². The van der Waals surface area contributed by atoms with Crippen molar-refractivity contribution >= 4 is 22.7 Å². The van der Waals surface area contributed by atoms with E-state index in [4.69, 9.17) is 4.74 Å². The van der Waals surface area contributed by atoms with Gasteiger partial charge in [0.25, 0.3) is 11.8 Å². The van der Waals surface area contributed by atoms with Gasteiger partial charge in [0.05, 0.1) is 7.11 Å². The number of aromatic nitrogens is 1. The van der Waals surface area contributed by atoms with Crippen LogP contribution in [0.5, 0.6) is 5.75 Å². The number of rotatable bonds is 3. The van der Waals surface area contributed by atoms with Gasteiger partial charge in [-0.25, -0.2) is 0 Å². The van der Waals surface area contributed by atoms with Gasteiger partial charge in [-0.05, 0) is 30.3 Å². The Balaban J connectivity index is 1.45. The summed E-state index contributed by atoms with van der Waals surface area (Å²) in [5.41, 5.74) is 2.32. The maximum atomic E-state index is 13.0. The molecule has 0 unspecified atom stereocenters. The van der Waals surface area contributed by atoms with E-state index in [1.54, 1.807) is 24.1 Å². The Kier molecular flexibility index (Phi) is 4.77. The van der Waals surface area contributed by atoms with Crippen molar-refractivity contribution in [3.63, 3.8) is 0 Å². The molecule has 4 rings (SSSR count). The minimum absolute atomic E-state index is 0.00665. The average Bonchev–Trinajstić information content (AvgIpc) is 3.09. The lowest BCUT2D eigenvalue weighted by Crippen LogP contribution is -2.50. The average molecular weight is 377 g/mol. The predicted octanol–water partition coefficient (Wildman–Crippen LogP) is 2.79. The fourth-order valence-corrected chi connectivity index (χ4v) is 3.71. The third-order valence-corrected chi connectivity index (χ3v) is 5.34. The number of ether oxygens (including phenoxy) is 1. The van der Waals surface area contributed by atoms with Crippen molar-refractivity contribution in [1.82, 2.24) is 14.4 Å². The van der Waals surface area contributed by atoms with E-state index in [2.05, 4.69) is 0 Å². The van der Waals surface area contributed by atoms with Gasteiger partial charge in [0.2, 0.25) is 0 Å². The van der Waals surface area contributed by atoms with Gasteiger partial charge in [0.15, 0.2) is 0 Å². The molecular weight excluding hydrogens is 354 g/mol. The summed E-state index contributed by atoms with van der Waals surface area (Å²) in [5, 5.41) is 1.06. The smallest absolute Gasteiger partial charge is 0.270 e. The molecule has 0 atom stereocenters. The standard InChI is InChI=1S/C22H23N3O3/c1-23-19-9-4-3-6-16(19)15-20(23)22(27)25-12-10-24(11-13-25)21(26)17-7-5-8-18(14-17)28-2/h3-9,14-15H,10-13H2,1-2H3. The van der Waals surface area contributed by atoms with Gasteiger partial charge in [0, 0.05) is 49.7 Å². The van der Waals surface area contributed by atoms with E-state index in [9.17, 15) is 9.59 Å². The third-order valence-electron chi connectivity index (χ3n) is 5.34. The topological polar surface area (TPSA) is 54.8 Å². The van der Waals surface area contributed by atoms with Crippen LogP contribution in [0.1, 0.15) is 20.8 Å². The van der Waals surface area contributed by atoms with E-state index in [1.165, 1.54) is 0 Å². The van der Waals surface area contributed by atoms with Crippen LogP contribution < -0.4 is 4.74 Å². The first-order chi connectivity index (χ1) is 13.6. The zero-order chi connectivity index (χ0) is 19.7. The maximum Gasteiger partial charge on any atom is 0.270 e. The zero-order valence-corrected chi connectivity index (χ0v) is 16.1. The second kappa shape index (κ2) is 7.38. The summed E-state index contributed by atoms with van der Waals surface area (Å²) >= 11 is 0. The van der Waals surface area contributed by atoms with Crippen LogP contribution in [-0.2, 0) is 7.05 Å². The van der Waals surface area contributed by atoms with E-state index >= 15 is 0 Å². The maximum absolute atomic E-state index is 13.0. The minimum atomic E-state index is -0.0318. The molecule has 1 aromatic heterocycles. The lowest BCUT2D eigenvalue weighted by molar-refractivity contribution is 0.0530. The summed E-state index contributed by atoms with van der Waals surface area (Å²) in [5.74, 6) is 0.637. The van der Waals surface area contributed by atoms with Crippen molar-refractivity contribution in [2.45, 2.75) is 0 Å². The molecule has 1 aliphatic rings. The number of hydrogen-bond donors (Lipinski definition) is 0. The molecule has 1 aliphatic heterocycles. The summed E-state index contributed by atoms with van der Waals surface area (Å²) in [7, 11) is 3.50. The highest BCUT2D eigenvalue weighted by atomic mass is 16.5. The number of aryl methyl sites for hydroxylation is 1. The van der Waals surface area contributed by atoms with Crippen molar-refractivity contribution in [1.29, 1.82) is 0 Å². The van der Waals surface area contributed by atoms with Crippen molar-refractivity contribution < 1.29 is 14.3 Å². The SMILES string of the molecule is COc1cccc(C(=O)N2CCN(C(=O)c3cc4ccccc4n3C)CC2)c1. The molecule has 0 bridgehead atoms. The molecule has 6 heteroatoms. The van der Waals surface area contributed by atoms with Gasteiger partial charge < -0.3 is 19.1 Å². The highest BCUT2D eigenvalue weighted by molar-refractivity contribution is 5.99. The Morgan fingerprint density at radius 3 is 2.21 bits per heavy atom. The number of carbonyl (C=O) groups is 2. The molecular formula is C22H23N3O3. The minimum Gasteiger partial charge on any atom is -0.497 e. The summed E-state index contributed by atoms with van der Waals surface area (Å²) in [6.07, 6.45) is 0. The molecule has 0 radical (unpaired) electrons. The summed E-state index contributed by atoms with van der Waals surface area (Å²) < 4.78 is 7.14. The van der Waals surface area contributed by atoms with Crippen LogP contribution in [0, 0.1) is 0 Å². The molecule has 1 fully saturated rings. The molecule has 2 heterocycles. The van der Waals surface area contributed by atoms with Crippen molar-refractivity contribution in [3.05, 3.63) is 65.9 Å². The largest absolute Gasteiger partial charge is 0.497 e. The highest BCUT2D eigenvalue weighted by Crippen LogP contribution is 2.21. The molecule has 0 aliphatic carbocycles. The van der Waals surface area contributed by atoms with Crippen LogP contribution in [0.25, 0.3) is 10.9 Å². The molecule has 6 nitrogen and oxygen atoms in total. The number of methoxy groups -OCH3 is 1. The first kappa shape index (κ1) is 18.1. The second-order valence-corrected chi connectivity index (χ2v) is 6.96. The molecule has 3 aromatic rings. The van der Waals surface area contributed by atoms with Gasteiger partial charge in [-0.2, -0.15) is 0 Å². The van der Waals surface area contributed by atoms with Crippen molar-refractivity contribution in [2.24, 2.45) is 7.05 Å². The monoisotopic (exact) mass is 377 g/mol. The molecule has 0 N–H and O–H groups in total. The summed E-state index contributed by atoms with van der Waals surface area (Å²) in [6, 6.07) is 17.1. The van der Waals surface area contributed by atoms with Gasteiger partial charge in [0.1, 0.15) is 11.4 Å². The second-order valence-electron chi connectivity index (χ2n) is 6.96. The Labute approximate surface area is 163 Å². The van der Waals surface area contributed by atoms with Crippen LogP contribution in [0.4, 0.5) is 0 Å². The molecule has 2 amide bonds. The Morgan fingerprint density at radius 1 is 0.857 bits per heavy atom. The first-order valence-corrected chi connectivity index (χ1v) is 9.35. The Bertz CT molecular complexity index is 1030. The summed E-state index contributed by atoms with van der Waals surface area (Å²) in [6.45, 7) is 2.09. The predicted molar refractivity (Wildman–Crippen MR) is 108 cm³/mol. The number of nitrogens with zero attached hydrogens (tertiary/aromatic N) is 3. The Morgan fingerprint density at radius 2 is 1.54 bits per heavy atom. The number of hydrogen-bond acceptors (Lipinski definition) is 3. The number of amides is 2. The van der Waals surface area contributed by atoms with Crippen LogP contribution in [0.3, 0.4) is 0 Å². The molecule has 0 saturated carbocycles. The summed E-state index contributed by atoms with van der Waals surface area (Å²) in [4.78, 5) is 29.4. The van der Waals surface area contributed by atoms with E-state index in [-0.39, 0.29) is 11.8 Å². The van der Waals surface area contributed by atoms with E-state index < -0.39 is 0 Å². The van der Waals surface area contributed by atoms with Crippen LogP contribution in [0.15, 0.2) is 54.6 Å². The van der Waals surface area contributed by atoms with Crippen LogP contribution in [-0.4, -0.2) is 59.5 Å². The highest BCUT2D eigenvalue weighted by Gasteiger charge is 2.27. The van der Waals surface area contributed by atoms with Crippen molar-refractivity contribution in [3.8, 4) is 5.75 Å². The number of carbonyl (C=O) groups excluding carboxylic acids is 2. The lowest BCUT2D eigenvalue weighted by Gasteiger charge is -2.34. The van der Waals surface area contributed by atoms with E-state index in [0.29, 0.717) is 43.2 Å². The van der Waals surface area contributed by atoms with Crippen molar-refractivity contribution in [2.75, 3.05) is 33.3 Å². The molecule has 2 aromatic carbocycles. The quantitative estimate of drug-likeness (QED) is 0.705. The normalized spacial score (nSPS) is 14.4. The third kappa shape index (κ3) is 3.22. The van der Waals surface area contributed by atoms with Gasteiger partial charge >= 0.3 is 0 Å². The van der Waals surface area contributed by atoms with Gasteiger partial charge in [-0.3, -0.25) is 9.59 Å². The van der Waals surface area contributed by atoms with E-state index in [1.807, 2.05) is 59.0 Å².